The lowest BCUT2D eigenvalue weighted by atomic mass is 10.1. The van der Waals surface area contributed by atoms with Gasteiger partial charge in [-0.3, -0.25) is 0 Å². The minimum absolute atomic E-state index is 0.0816. The van der Waals surface area contributed by atoms with Crippen molar-refractivity contribution in [2.45, 2.75) is 26.3 Å². The number of rotatable bonds is 4. The highest BCUT2D eigenvalue weighted by atomic mass is 35.5. The first kappa shape index (κ1) is 12.9. The lowest BCUT2D eigenvalue weighted by molar-refractivity contribution is 0.365. The van der Waals surface area contributed by atoms with Crippen LogP contribution < -0.4 is 10.5 Å². The van der Waals surface area contributed by atoms with Gasteiger partial charge in [0.15, 0.2) is 0 Å². The topological polar surface area (TPSA) is 35.2 Å². The van der Waals surface area contributed by atoms with Crippen molar-refractivity contribution >= 4 is 11.6 Å². The Morgan fingerprint density at radius 2 is 2.25 bits per heavy atom. The summed E-state index contributed by atoms with van der Waals surface area (Å²) in [5.41, 5.74) is 6.80. The molecule has 16 heavy (non-hydrogen) atoms. The molecule has 1 aromatic rings. The summed E-state index contributed by atoms with van der Waals surface area (Å²) in [6, 6.07) is 5.77. The largest absolute Gasteiger partial charge is 0.479 e. The molecule has 2 N–H and O–H groups in total. The molecule has 0 aliphatic heterocycles. The molecule has 0 bridgehead atoms. The average molecular weight is 238 g/mol. The predicted molar refractivity (Wildman–Crippen MR) is 67.8 cm³/mol. The first-order chi connectivity index (χ1) is 7.65. The van der Waals surface area contributed by atoms with E-state index in [1.54, 1.807) is 13.0 Å². The number of para-hydroxylation sites is 1. The van der Waals surface area contributed by atoms with Gasteiger partial charge in [-0.05, 0) is 31.9 Å². The van der Waals surface area contributed by atoms with Crippen LogP contribution in [0.3, 0.4) is 0 Å². The van der Waals surface area contributed by atoms with Crippen molar-refractivity contribution in [1.29, 1.82) is 0 Å². The van der Waals surface area contributed by atoms with Crippen molar-refractivity contribution in [2.75, 3.05) is 6.61 Å². The van der Waals surface area contributed by atoms with E-state index in [1.807, 2.05) is 19.1 Å². The van der Waals surface area contributed by atoms with Crippen LogP contribution in [0.4, 0.5) is 0 Å². The number of benzene rings is 1. The van der Waals surface area contributed by atoms with Crippen LogP contribution in [0, 0.1) is 11.8 Å². The maximum atomic E-state index is 6.08. The van der Waals surface area contributed by atoms with Gasteiger partial charge in [0, 0.05) is 6.04 Å². The van der Waals surface area contributed by atoms with Crippen molar-refractivity contribution in [1.82, 2.24) is 0 Å². The fraction of sp³-hybridized carbons (Fsp3) is 0.385. The molecule has 0 aromatic heterocycles. The molecule has 1 atom stereocenters. The van der Waals surface area contributed by atoms with E-state index in [0.29, 0.717) is 17.4 Å². The molecule has 0 aliphatic carbocycles. The van der Waals surface area contributed by atoms with Crippen LogP contribution in [0.5, 0.6) is 5.75 Å². The summed E-state index contributed by atoms with van der Waals surface area (Å²) < 4.78 is 5.55. The summed E-state index contributed by atoms with van der Waals surface area (Å²) in [6.45, 7) is 4.08. The zero-order chi connectivity index (χ0) is 12.0. The van der Waals surface area contributed by atoms with Crippen LogP contribution in [0.2, 0.25) is 5.02 Å². The molecule has 1 aromatic carbocycles. The Balaban J connectivity index is 2.88. The first-order valence-electron chi connectivity index (χ1n) is 5.20. The van der Waals surface area contributed by atoms with Crippen LogP contribution in [0.25, 0.3) is 0 Å². The maximum Gasteiger partial charge on any atom is 0.149 e. The van der Waals surface area contributed by atoms with Crippen molar-refractivity contribution in [3.8, 4) is 17.6 Å². The van der Waals surface area contributed by atoms with Crippen LogP contribution in [-0.4, -0.2) is 12.6 Å². The summed E-state index contributed by atoms with van der Waals surface area (Å²) in [4.78, 5) is 0. The van der Waals surface area contributed by atoms with E-state index < -0.39 is 0 Å². The minimum atomic E-state index is 0.0816. The Bertz CT molecular complexity index is 404. The fourth-order valence-electron chi connectivity index (χ4n) is 1.40. The molecule has 1 unspecified atom stereocenters. The molecular weight excluding hydrogens is 222 g/mol. The molecule has 86 valence electrons. The fourth-order valence-corrected chi connectivity index (χ4v) is 1.65. The number of halogens is 1. The predicted octanol–water partition coefficient (Wildman–Crippen LogP) is 2.63. The van der Waals surface area contributed by atoms with Gasteiger partial charge in [-0.1, -0.05) is 29.7 Å². The molecule has 0 heterocycles. The van der Waals surface area contributed by atoms with Crippen molar-refractivity contribution < 1.29 is 4.74 Å². The smallest absolute Gasteiger partial charge is 0.149 e. The van der Waals surface area contributed by atoms with Gasteiger partial charge in [0.05, 0.1) is 5.02 Å². The third-order valence-corrected chi connectivity index (χ3v) is 2.35. The molecule has 1 rings (SSSR count). The number of hydrogen-bond acceptors (Lipinski definition) is 2. The Morgan fingerprint density at radius 3 is 2.88 bits per heavy atom. The molecule has 0 spiro atoms. The number of nitrogens with two attached hydrogens (primary N) is 1. The zero-order valence-corrected chi connectivity index (χ0v) is 10.3. The maximum absolute atomic E-state index is 6.08. The Morgan fingerprint density at radius 1 is 1.50 bits per heavy atom. The Hall–Kier alpha value is -1.17. The second kappa shape index (κ2) is 6.42. The van der Waals surface area contributed by atoms with Crippen LogP contribution in [0.1, 0.15) is 19.4 Å². The second-order valence-corrected chi connectivity index (χ2v) is 4.03. The number of hydrogen-bond donors (Lipinski definition) is 1. The van der Waals surface area contributed by atoms with Gasteiger partial charge in [-0.2, -0.15) is 0 Å². The Labute approximate surface area is 102 Å². The normalized spacial score (nSPS) is 11.5. The van der Waals surface area contributed by atoms with Gasteiger partial charge < -0.3 is 10.5 Å². The first-order valence-corrected chi connectivity index (χ1v) is 5.58. The SMILES string of the molecule is CC#CCOc1c(Cl)cccc1CC(C)N. The van der Waals surface area contributed by atoms with E-state index in [2.05, 4.69) is 11.8 Å². The summed E-state index contributed by atoms with van der Waals surface area (Å²) in [5, 5.41) is 0.607. The van der Waals surface area contributed by atoms with E-state index in [4.69, 9.17) is 22.1 Å². The molecule has 0 radical (unpaired) electrons. The van der Waals surface area contributed by atoms with E-state index in [1.165, 1.54) is 0 Å². The van der Waals surface area contributed by atoms with Crippen LogP contribution in [0.15, 0.2) is 18.2 Å². The summed E-state index contributed by atoms with van der Waals surface area (Å²) in [5.74, 6) is 6.32. The van der Waals surface area contributed by atoms with Gasteiger partial charge in [-0.15, -0.1) is 5.92 Å². The molecule has 0 saturated carbocycles. The second-order valence-electron chi connectivity index (χ2n) is 3.62. The minimum Gasteiger partial charge on any atom is -0.479 e. The van der Waals surface area contributed by atoms with E-state index >= 15 is 0 Å². The van der Waals surface area contributed by atoms with E-state index in [9.17, 15) is 0 Å². The summed E-state index contributed by atoms with van der Waals surface area (Å²) >= 11 is 6.08. The monoisotopic (exact) mass is 237 g/mol. The van der Waals surface area contributed by atoms with Crippen LogP contribution >= 0.6 is 11.6 Å². The Kier molecular flexibility index (Phi) is 5.18. The lowest BCUT2D eigenvalue weighted by Crippen LogP contribution is -2.18. The molecule has 0 saturated heterocycles. The highest BCUT2D eigenvalue weighted by Gasteiger charge is 2.09. The van der Waals surface area contributed by atoms with E-state index in [-0.39, 0.29) is 6.04 Å². The molecule has 0 fully saturated rings. The highest BCUT2D eigenvalue weighted by Crippen LogP contribution is 2.29. The lowest BCUT2D eigenvalue weighted by Gasteiger charge is -2.12. The van der Waals surface area contributed by atoms with Crippen molar-refractivity contribution in [3.05, 3.63) is 28.8 Å². The third-order valence-electron chi connectivity index (χ3n) is 2.06. The number of ether oxygens (including phenoxy) is 1. The molecule has 2 nitrogen and oxygen atoms in total. The molecule has 3 heteroatoms. The van der Waals surface area contributed by atoms with Crippen LogP contribution in [-0.2, 0) is 6.42 Å². The summed E-state index contributed by atoms with van der Waals surface area (Å²) in [7, 11) is 0. The van der Waals surface area contributed by atoms with E-state index in [0.717, 1.165) is 12.0 Å². The third kappa shape index (κ3) is 3.77. The molecule has 0 amide bonds. The van der Waals surface area contributed by atoms with Gasteiger partial charge in [-0.25, -0.2) is 0 Å². The standard InChI is InChI=1S/C13H16ClNO/c1-3-4-8-16-13-11(9-10(2)15)6-5-7-12(13)14/h5-7,10H,8-9,15H2,1-2H3. The quantitative estimate of drug-likeness (QED) is 0.818. The molecular formula is C13H16ClNO. The van der Waals surface area contributed by atoms with Crippen molar-refractivity contribution in [2.24, 2.45) is 5.73 Å². The summed E-state index contributed by atoms with van der Waals surface area (Å²) in [6.07, 6.45) is 0.745. The van der Waals surface area contributed by atoms with Gasteiger partial charge in [0.1, 0.15) is 12.4 Å². The highest BCUT2D eigenvalue weighted by molar-refractivity contribution is 6.32. The van der Waals surface area contributed by atoms with Gasteiger partial charge in [0.25, 0.3) is 0 Å². The zero-order valence-electron chi connectivity index (χ0n) is 9.59. The van der Waals surface area contributed by atoms with Gasteiger partial charge in [0.2, 0.25) is 0 Å². The molecule has 0 aliphatic rings. The van der Waals surface area contributed by atoms with Crippen molar-refractivity contribution in [3.63, 3.8) is 0 Å². The van der Waals surface area contributed by atoms with Gasteiger partial charge >= 0.3 is 0 Å². The average Bonchev–Trinajstić information content (AvgIpc) is 2.21.